The number of benzene rings is 1. The second-order valence-electron chi connectivity index (χ2n) is 8.89. The Bertz CT molecular complexity index is 1090. The van der Waals surface area contributed by atoms with Crippen LogP contribution in [0.2, 0.25) is 0 Å². The summed E-state index contributed by atoms with van der Waals surface area (Å²) < 4.78 is 22.6. The van der Waals surface area contributed by atoms with Crippen LogP contribution in [0.5, 0.6) is 5.75 Å². The van der Waals surface area contributed by atoms with E-state index >= 15 is 4.39 Å². The van der Waals surface area contributed by atoms with E-state index in [2.05, 4.69) is 4.98 Å². The zero-order valence-corrected chi connectivity index (χ0v) is 16.7. The highest BCUT2D eigenvalue weighted by molar-refractivity contribution is 5.91. The molecule has 5 rings (SSSR count). The summed E-state index contributed by atoms with van der Waals surface area (Å²) in [5, 5.41) is 0.153. The fraction of sp³-hybridized carbons (Fsp3) is 0.619. The van der Waals surface area contributed by atoms with Crippen LogP contribution in [0.4, 0.5) is 10.1 Å². The lowest BCUT2D eigenvalue weighted by atomic mass is 9.68. The summed E-state index contributed by atoms with van der Waals surface area (Å²) in [6.07, 6.45) is 6.19. The highest BCUT2D eigenvalue weighted by Gasteiger charge is 2.48. The molecule has 0 spiro atoms. The first-order chi connectivity index (χ1) is 14.0. The zero-order chi connectivity index (χ0) is 20.3. The number of hydrogen-bond acceptors (Lipinski definition) is 5. The van der Waals surface area contributed by atoms with Crippen LogP contribution in [0.3, 0.4) is 0 Å². The zero-order valence-electron chi connectivity index (χ0n) is 16.7. The first-order valence-electron chi connectivity index (χ1n) is 10.5. The summed E-state index contributed by atoms with van der Waals surface area (Å²) in [5.74, 6) is 0.207. The normalized spacial score (nSPS) is 26.7. The standard InChI is InChI=1S/C21H27FN4O3/c1-29-18-16-14(19(27)24-20(28)26(16)13-5-6-13)8-15(22)17(18)25-9-12-4-2-3-7-21(12,10-23)11-25/h8,12-13H,2-7,9-11,23H2,1H3,(H,24,27,28). The van der Waals surface area contributed by atoms with E-state index in [0.29, 0.717) is 36.8 Å². The molecule has 156 valence electrons. The number of halogens is 1. The molecule has 0 amide bonds. The lowest BCUT2D eigenvalue weighted by molar-refractivity contribution is 0.160. The van der Waals surface area contributed by atoms with Gasteiger partial charge in [0, 0.05) is 24.5 Å². The Kier molecular flexibility index (Phi) is 4.24. The molecule has 0 radical (unpaired) electrons. The summed E-state index contributed by atoms with van der Waals surface area (Å²) in [4.78, 5) is 29.3. The summed E-state index contributed by atoms with van der Waals surface area (Å²) >= 11 is 0. The van der Waals surface area contributed by atoms with Crippen molar-refractivity contribution >= 4 is 16.6 Å². The van der Waals surface area contributed by atoms with Crippen LogP contribution < -0.4 is 26.6 Å². The van der Waals surface area contributed by atoms with Gasteiger partial charge < -0.3 is 15.4 Å². The van der Waals surface area contributed by atoms with Gasteiger partial charge in [0.1, 0.15) is 11.2 Å². The fourth-order valence-electron chi connectivity index (χ4n) is 5.60. The minimum absolute atomic E-state index is 0.00498. The molecule has 1 saturated heterocycles. The maximum atomic E-state index is 15.4. The van der Waals surface area contributed by atoms with Gasteiger partial charge in [-0.05, 0) is 44.2 Å². The van der Waals surface area contributed by atoms with Crippen LogP contribution in [0.15, 0.2) is 15.7 Å². The van der Waals surface area contributed by atoms with Gasteiger partial charge in [-0.2, -0.15) is 0 Å². The molecule has 3 aliphatic rings. The number of H-pyrrole nitrogens is 1. The third kappa shape index (κ3) is 2.72. The van der Waals surface area contributed by atoms with E-state index in [1.54, 1.807) is 4.57 Å². The summed E-state index contributed by atoms with van der Waals surface area (Å²) in [6, 6.07) is 1.27. The number of hydrogen-bond donors (Lipinski definition) is 2. The van der Waals surface area contributed by atoms with Crippen molar-refractivity contribution in [1.29, 1.82) is 0 Å². The highest BCUT2D eigenvalue weighted by Crippen LogP contribution is 2.50. The average Bonchev–Trinajstić information content (AvgIpc) is 3.46. The minimum Gasteiger partial charge on any atom is -0.492 e. The molecule has 7 nitrogen and oxygen atoms in total. The molecule has 1 aromatic carbocycles. The number of aromatic amines is 1. The molecular formula is C21H27FN4O3. The summed E-state index contributed by atoms with van der Waals surface area (Å²) in [7, 11) is 1.47. The Morgan fingerprint density at radius 1 is 1.31 bits per heavy atom. The SMILES string of the molecule is COc1c(N2CC3CCCCC3(CN)C2)c(F)cc2c(=O)[nH]c(=O)n(C3CC3)c12. The van der Waals surface area contributed by atoms with E-state index in [1.165, 1.54) is 19.6 Å². The van der Waals surface area contributed by atoms with Crippen molar-refractivity contribution in [1.82, 2.24) is 9.55 Å². The van der Waals surface area contributed by atoms with Crippen molar-refractivity contribution in [3.05, 3.63) is 32.7 Å². The molecule has 3 fully saturated rings. The number of rotatable bonds is 4. The van der Waals surface area contributed by atoms with Crippen LogP contribution in [0.25, 0.3) is 10.9 Å². The molecule has 1 aromatic heterocycles. The third-order valence-corrected chi connectivity index (χ3v) is 7.24. The van der Waals surface area contributed by atoms with E-state index in [1.807, 2.05) is 4.90 Å². The van der Waals surface area contributed by atoms with Crippen molar-refractivity contribution in [3.8, 4) is 5.75 Å². The van der Waals surface area contributed by atoms with E-state index in [4.69, 9.17) is 10.5 Å². The second-order valence-corrected chi connectivity index (χ2v) is 8.89. The molecule has 2 heterocycles. The minimum atomic E-state index is -0.584. The van der Waals surface area contributed by atoms with Gasteiger partial charge in [-0.25, -0.2) is 9.18 Å². The van der Waals surface area contributed by atoms with Crippen molar-refractivity contribution in [2.45, 2.75) is 44.6 Å². The third-order valence-electron chi connectivity index (χ3n) is 7.24. The van der Waals surface area contributed by atoms with Gasteiger partial charge in [0.25, 0.3) is 5.56 Å². The number of nitrogens with two attached hydrogens (primary N) is 1. The molecule has 2 aliphatic carbocycles. The molecule has 2 saturated carbocycles. The van der Waals surface area contributed by atoms with E-state index in [9.17, 15) is 9.59 Å². The lowest BCUT2D eigenvalue weighted by Gasteiger charge is -2.37. The number of fused-ring (bicyclic) bond motifs is 2. The quantitative estimate of drug-likeness (QED) is 0.817. The van der Waals surface area contributed by atoms with Gasteiger partial charge in [0.2, 0.25) is 0 Å². The Hall–Kier alpha value is -2.35. The van der Waals surface area contributed by atoms with Crippen LogP contribution in [0, 0.1) is 17.2 Å². The van der Waals surface area contributed by atoms with Crippen molar-refractivity contribution in [2.24, 2.45) is 17.1 Å². The predicted molar refractivity (Wildman–Crippen MR) is 109 cm³/mol. The maximum Gasteiger partial charge on any atom is 0.329 e. The van der Waals surface area contributed by atoms with Crippen LogP contribution >= 0.6 is 0 Å². The first-order valence-corrected chi connectivity index (χ1v) is 10.5. The predicted octanol–water partition coefficient (Wildman–Crippen LogP) is 2.13. The van der Waals surface area contributed by atoms with Crippen molar-refractivity contribution in [2.75, 3.05) is 31.6 Å². The maximum absolute atomic E-state index is 15.4. The van der Waals surface area contributed by atoms with Crippen LogP contribution in [-0.4, -0.2) is 36.3 Å². The molecule has 2 unspecified atom stereocenters. The van der Waals surface area contributed by atoms with Crippen LogP contribution in [-0.2, 0) is 0 Å². The van der Waals surface area contributed by atoms with Gasteiger partial charge >= 0.3 is 5.69 Å². The number of nitrogens with zero attached hydrogens (tertiary/aromatic N) is 2. The molecule has 2 atom stereocenters. The molecule has 29 heavy (non-hydrogen) atoms. The molecule has 2 aromatic rings. The Labute approximate surface area is 167 Å². The second kappa shape index (κ2) is 6.58. The lowest BCUT2D eigenvalue weighted by Crippen LogP contribution is -2.40. The molecular weight excluding hydrogens is 375 g/mol. The van der Waals surface area contributed by atoms with Crippen LogP contribution in [0.1, 0.15) is 44.6 Å². The van der Waals surface area contributed by atoms with Gasteiger partial charge in [-0.3, -0.25) is 14.3 Å². The summed E-state index contributed by atoms with van der Waals surface area (Å²) in [5.41, 5.74) is 5.88. The molecule has 3 N–H and O–H groups in total. The Morgan fingerprint density at radius 3 is 2.76 bits per heavy atom. The monoisotopic (exact) mass is 402 g/mol. The highest BCUT2D eigenvalue weighted by atomic mass is 19.1. The fourth-order valence-corrected chi connectivity index (χ4v) is 5.60. The van der Waals surface area contributed by atoms with Crippen molar-refractivity contribution < 1.29 is 9.13 Å². The Morgan fingerprint density at radius 2 is 2.10 bits per heavy atom. The topological polar surface area (TPSA) is 93.3 Å². The first kappa shape index (κ1) is 18.7. The number of ether oxygens (including phenoxy) is 1. The average molecular weight is 402 g/mol. The molecule has 0 bridgehead atoms. The number of anilines is 1. The van der Waals surface area contributed by atoms with Crippen molar-refractivity contribution in [3.63, 3.8) is 0 Å². The smallest absolute Gasteiger partial charge is 0.329 e. The molecule has 1 aliphatic heterocycles. The van der Waals surface area contributed by atoms with Gasteiger partial charge in [0.15, 0.2) is 11.6 Å². The van der Waals surface area contributed by atoms with E-state index < -0.39 is 17.1 Å². The largest absolute Gasteiger partial charge is 0.492 e. The molecule has 8 heteroatoms. The van der Waals surface area contributed by atoms with E-state index in [0.717, 1.165) is 32.1 Å². The Balaban J connectivity index is 1.73. The summed E-state index contributed by atoms with van der Waals surface area (Å²) in [6.45, 7) is 1.97. The number of methoxy groups -OCH3 is 1. The number of nitrogens with one attached hydrogen (secondary N) is 1. The van der Waals surface area contributed by atoms with Gasteiger partial charge in [-0.15, -0.1) is 0 Å². The number of aromatic nitrogens is 2. The van der Waals surface area contributed by atoms with Gasteiger partial charge in [0.05, 0.1) is 12.5 Å². The van der Waals surface area contributed by atoms with E-state index in [-0.39, 0.29) is 22.6 Å². The van der Waals surface area contributed by atoms with Gasteiger partial charge in [-0.1, -0.05) is 12.8 Å².